The first-order valence-corrected chi connectivity index (χ1v) is 9.71. The van der Waals surface area contributed by atoms with Gasteiger partial charge >= 0.3 is 0 Å². The van der Waals surface area contributed by atoms with Crippen molar-refractivity contribution in [2.75, 3.05) is 26.6 Å². The second-order valence-electron chi connectivity index (χ2n) is 6.81. The molecule has 0 saturated carbocycles. The van der Waals surface area contributed by atoms with E-state index in [0.29, 0.717) is 34.0 Å². The van der Waals surface area contributed by atoms with Gasteiger partial charge in [0.1, 0.15) is 0 Å². The molecule has 1 amide bonds. The fourth-order valence-electron chi connectivity index (χ4n) is 3.46. The molecule has 1 N–H and O–H groups in total. The summed E-state index contributed by atoms with van der Waals surface area (Å²) in [5.41, 5.74) is 3.33. The third-order valence-corrected chi connectivity index (χ3v) is 4.95. The molecule has 0 aliphatic carbocycles. The molecule has 0 fully saturated rings. The number of para-hydroxylation sites is 2. The van der Waals surface area contributed by atoms with Crippen LogP contribution in [0.3, 0.4) is 0 Å². The van der Waals surface area contributed by atoms with Crippen molar-refractivity contribution in [2.24, 2.45) is 0 Å². The summed E-state index contributed by atoms with van der Waals surface area (Å²) in [6, 6.07) is 22.3. The van der Waals surface area contributed by atoms with E-state index in [1.54, 1.807) is 27.4 Å². The highest BCUT2D eigenvalue weighted by atomic mass is 16.5. The lowest BCUT2D eigenvalue weighted by atomic mass is 10.0. The van der Waals surface area contributed by atoms with Crippen molar-refractivity contribution >= 4 is 22.5 Å². The lowest BCUT2D eigenvalue weighted by Gasteiger charge is -2.15. The van der Waals surface area contributed by atoms with Crippen molar-refractivity contribution in [3.8, 4) is 28.5 Å². The first-order chi connectivity index (χ1) is 15.1. The lowest BCUT2D eigenvalue weighted by molar-refractivity contribution is 0.102. The summed E-state index contributed by atoms with van der Waals surface area (Å²) in [5.74, 6) is 1.32. The minimum Gasteiger partial charge on any atom is -0.493 e. The lowest BCUT2D eigenvalue weighted by Crippen LogP contribution is -2.13. The number of nitrogens with zero attached hydrogens (tertiary/aromatic N) is 1. The Balaban J connectivity index is 1.86. The number of aromatic nitrogens is 1. The number of amides is 1. The number of carbonyl (C=O) groups excluding carboxylic acids is 1. The van der Waals surface area contributed by atoms with Gasteiger partial charge in [0.2, 0.25) is 5.75 Å². The maximum atomic E-state index is 13.1. The van der Waals surface area contributed by atoms with Gasteiger partial charge in [-0.05, 0) is 36.4 Å². The molecule has 0 radical (unpaired) electrons. The molecule has 0 aliphatic rings. The number of rotatable bonds is 6. The number of hydrogen-bond donors (Lipinski definition) is 1. The Morgan fingerprint density at radius 1 is 0.806 bits per heavy atom. The van der Waals surface area contributed by atoms with E-state index in [1.807, 2.05) is 66.7 Å². The molecular weight excluding hydrogens is 392 g/mol. The number of anilines is 1. The Morgan fingerprint density at radius 2 is 1.45 bits per heavy atom. The molecule has 0 bridgehead atoms. The molecule has 0 unspecified atom stereocenters. The molecule has 1 heterocycles. The summed E-state index contributed by atoms with van der Waals surface area (Å²) in [7, 11) is 4.68. The number of methoxy groups -OCH3 is 3. The second kappa shape index (κ2) is 8.75. The highest BCUT2D eigenvalue weighted by Gasteiger charge is 2.18. The summed E-state index contributed by atoms with van der Waals surface area (Å²) in [6.45, 7) is 0. The van der Waals surface area contributed by atoms with Gasteiger partial charge in [0.25, 0.3) is 5.91 Å². The zero-order valence-corrected chi connectivity index (χ0v) is 17.5. The van der Waals surface area contributed by atoms with Crippen LogP contribution in [0, 0.1) is 0 Å². The summed E-state index contributed by atoms with van der Waals surface area (Å²) < 4.78 is 16.4. The van der Waals surface area contributed by atoms with E-state index in [2.05, 4.69) is 5.32 Å². The Kier molecular flexibility index (Phi) is 5.71. The Morgan fingerprint density at radius 3 is 2.10 bits per heavy atom. The van der Waals surface area contributed by atoms with Gasteiger partial charge in [-0.1, -0.05) is 36.4 Å². The molecule has 6 nitrogen and oxygen atoms in total. The van der Waals surface area contributed by atoms with E-state index >= 15 is 0 Å². The molecule has 1 aromatic heterocycles. The van der Waals surface area contributed by atoms with E-state index in [4.69, 9.17) is 19.2 Å². The molecule has 0 spiro atoms. The molecule has 0 saturated heterocycles. The van der Waals surface area contributed by atoms with Crippen LogP contribution in [0.25, 0.3) is 22.2 Å². The third kappa shape index (κ3) is 4.00. The van der Waals surface area contributed by atoms with E-state index < -0.39 is 0 Å². The number of carbonyl (C=O) groups is 1. The van der Waals surface area contributed by atoms with Gasteiger partial charge < -0.3 is 19.5 Å². The maximum absolute atomic E-state index is 13.1. The minimum absolute atomic E-state index is 0.210. The number of hydrogen-bond acceptors (Lipinski definition) is 5. The molecule has 3 aromatic carbocycles. The Hall–Kier alpha value is -4.06. The Bertz CT molecular complexity index is 1210. The highest BCUT2D eigenvalue weighted by molar-refractivity contribution is 6.13. The van der Waals surface area contributed by atoms with E-state index in [9.17, 15) is 4.79 Å². The van der Waals surface area contributed by atoms with Gasteiger partial charge in [-0.15, -0.1) is 0 Å². The molecule has 156 valence electrons. The molecule has 4 rings (SSSR count). The standard InChI is InChI=1S/C25H22N2O4/c1-29-22-13-16(14-23(30-2)24(22)31-3)21-15-19(18-11-7-8-12-20(18)27-21)25(28)26-17-9-5-4-6-10-17/h4-15H,1-3H3,(H,26,28). The minimum atomic E-state index is -0.210. The van der Waals surface area contributed by atoms with Gasteiger partial charge in [0.05, 0.1) is 38.1 Å². The fraction of sp³-hybridized carbons (Fsp3) is 0.120. The second-order valence-corrected chi connectivity index (χ2v) is 6.81. The number of nitrogens with one attached hydrogen (secondary N) is 1. The van der Waals surface area contributed by atoms with Crippen molar-refractivity contribution < 1.29 is 19.0 Å². The molecule has 4 aromatic rings. The number of ether oxygens (including phenoxy) is 3. The van der Waals surface area contributed by atoms with Crippen molar-refractivity contribution in [3.63, 3.8) is 0 Å². The SMILES string of the molecule is COc1cc(-c2cc(C(=O)Nc3ccccc3)c3ccccc3n2)cc(OC)c1OC. The molecular formula is C25H22N2O4. The molecule has 31 heavy (non-hydrogen) atoms. The van der Waals surface area contributed by atoms with E-state index in [1.165, 1.54) is 0 Å². The average molecular weight is 414 g/mol. The summed E-state index contributed by atoms with van der Waals surface area (Å²) in [6.07, 6.45) is 0. The van der Waals surface area contributed by atoms with Crippen LogP contribution in [-0.2, 0) is 0 Å². The van der Waals surface area contributed by atoms with Crippen LogP contribution in [0.15, 0.2) is 72.8 Å². The van der Waals surface area contributed by atoms with Gasteiger partial charge in [0, 0.05) is 16.6 Å². The van der Waals surface area contributed by atoms with Crippen molar-refractivity contribution in [1.29, 1.82) is 0 Å². The summed E-state index contributed by atoms with van der Waals surface area (Å²) >= 11 is 0. The predicted molar refractivity (Wildman–Crippen MR) is 121 cm³/mol. The fourth-order valence-corrected chi connectivity index (χ4v) is 3.46. The highest BCUT2D eigenvalue weighted by Crippen LogP contribution is 2.41. The zero-order chi connectivity index (χ0) is 21.8. The van der Waals surface area contributed by atoms with E-state index in [-0.39, 0.29) is 5.91 Å². The van der Waals surface area contributed by atoms with Crippen LogP contribution in [0.2, 0.25) is 0 Å². The number of benzene rings is 3. The van der Waals surface area contributed by atoms with Crippen molar-refractivity contribution in [2.45, 2.75) is 0 Å². The molecule has 0 atom stereocenters. The maximum Gasteiger partial charge on any atom is 0.256 e. The number of fused-ring (bicyclic) bond motifs is 1. The monoisotopic (exact) mass is 414 g/mol. The van der Waals surface area contributed by atoms with Crippen molar-refractivity contribution in [3.05, 3.63) is 78.4 Å². The first kappa shape index (κ1) is 20.2. The van der Waals surface area contributed by atoms with Crippen LogP contribution >= 0.6 is 0 Å². The zero-order valence-electron chi connectivity index (χ0n) is 17.5. The average Bonchev–Trinajstić information content (AvgIpc) is 2.82. The van der Waals surface area contributed by atoms with Crippen LogP contribution in [-0.4, -0.2) is 32.2 Å². The summed E-state index contributed by atoms with van der Waals surface area (Å²) in [4.78, 5) is 17.9. The number of pyridine rings is 1. The van der Waals surface area contributed by atoms with Crippen molar-refractivity contribution in [1.82, 2.24) is 4.98 Å². The quantitative estimate of drug-likeness (QED) is 0.471. The van der Waals surface area contributed by atoms with Crippen LogP contribution in [0.1, 0.15) is 10.4 Å². The van der Waals surface area contributed by atoms with Gasteiger partial charge in [-0.2, -0.15) is 0 Å². The largest absolute Gasteiger partial charge is 0.493 e. The Labute approximate surface area is 180 Å². The first-order valence-electron chi connectivity index (χ1n) is 9.71. The third-order valence-electron chi connectivity index (χ3n) is 4.95. The summed E-state index contributed by atoms with van der Waals surface area (Å²) in [5, 5.41) is 3.73. The molecule has 6 heteroatoms. The smallest absolute Gasteiger partial charge is 0.256 e. The van der Waals surface area contributed by atoms with Crippen LogP contribution in [0.5, 0.6) is 17.2 Å². The molecule has 0 aliphatic heterocycles. The van der Waals surface area contributed by atoms with Gasteiger partial charge in [0.15, 0.2) is 11.5 Å². The normalized spacial score (nSPS) is 10.5. The van der Waals surface area contributed by atoms with E-state index in [0.717, 1.165) is 16.6 Å². The van der Waals surface area contributed by atoms with Crippen LogP contribution < -0.4 is 19.5 Å². The van der Waals surface area contributed by atoms with Gasteiger partial charge in [-0.3, -0.25) is 4.79 Å². The van der Waals surface area contributed by atoms with Gasteiger partial charge in [-0.25, -0.2) is 4.98 Å². The topological polar surface area (TPSA) is 69.7 Å². The van der Waals surface area contributed by atoms with Crippen LogP contribution in [0.4, 0.5) is 5.69 Å². The predicted octanol–water partition coefficient (Wildman–Crippen LogP) is 5.18.